The van der Waals surface area contributed by atoms with Crippen LogP contribution in [-0.2, 0) is 12.7 Å². The van der Waals surface area contributed by atoms with Crippen LogP contribution >= 0.6 is 11.6 Å². The molecule has 6 nitrogen and oxygen atoms in total. The average Bonchev–Trinajstić information content (AvgIpc) is 3.17. The Morgan fingerprint density at radius 1 is 1.05 bits per heavy atom. The lowest BCUT2D eigenvalue weighted by Crippen LogP contribution is -2.39. The summed E-state index contributed by atoms with van der Waals surface area (Å²) >= 11 is 6.00. The molecule has 2 heterocycles. The summed E-state index contributed by atoms with van der Waals surface area (Å²) in [5.74, 6) is 0.0269. The van der Waals surface area contributed by atoms with Gasteiger partial charge in [-0.1, -0.05) is 23.7 Å². The van der Waals surface area contributed by atoms with E-state index in [9.17, 15) is 22.8 Å². The largest absolute Gasteiger partial charge is 0.416 e. The molecule has 1 aliphatic carbocycles. The molecule has 4 aromatic rings. The first-order valence-electron chi connectivity index (χ1n) is 12.4. The molecule has 1 amide bonds. The summed E-state index contributed by atoms with van der Waals surface area (Å²) in [7, 11) is 0. The third-order valence-corrected chi connectivity index (χ3v) is 7.42. The second kappa shape index (κ2) is 10.3. The lowest BCUT2D eigenvalue weighted by atomic mass is 9.85. The Hall–Kier alpha value is -3.59. The van der Waals surface area contributed by atoms with Gasteiger partial charge < -0.3 is 5.32 Å². The predicted octanol–water partition coefficient (Wildman–Crippen LogP) is 6.16. The van der Waals surface area contributed by atoms with Gasteiger partial charge in [-0.15, -0.1) is 0 Å². The molecule has 0 saturated heterocycles. The van der Waals surface area contributed by atoms with Crippen LogP contribution in [0.5, 0.6) is 0 Å². The maximum absolute atomic E-state index is 13.5. The van der Waals surface area contributed by atoms with Crippen molar-refractivity contribution in [1.82, 2.24) is 19.4 Å². The molecule has 0 spiro atoms. The molecule has 2 aromatic heterocycles. The number of rotatable bonds is 5. The smallest absolute Gasteiger partial charge is 0.349 e. The minimum absolute atomic E-state index is 0.0161. The highest BCUT2D eigenvalue weighted by atomic mass is 35.5. The van der Waals surface area contributed by atoms with Gasteiger partial charge in [0.15, 0.2) is 0 Å². The molecule has 1 saturated carbocycles. The van der Waals surface area contributed by atoms with Crippen molar-refractivity contribution in [2.75, 3.05) is 0 Å². The molecular formula is C28H26ClF3N4O2. The number of para-hydroxylation sites is 2. The lowest BCUT2D eigenvalue weighted by Gasteiger charge is -2.29. The van der Waals surface area contributed by atoms with Gasteiger partial charge in [0.2, 0.25) is 0 Å². The Morgan fingerprint density at radius 2 is 1.71 bits per heavy atom. The van der Waals surface area contributed by atoms with Crippen LogP contribution in [0.1, 0.15) is 47.3 Å². The molecular weight excluding hydrogens is 517 g/mol. The normalized spacial score (nSPS) is 18.0. The molecule has 1 aliphatic rings. The van der Waals surface area contributed by atoms with Crippen LogP contribution in [0.4, 0.5) is 13.2 Å². The predicted molar refractivity (Wildman–Crippen MR) is 140 cm³/mol. The topological polar surface area (TPSA) is 68.9 Å². The number of amides is 1. The van der Waals surface area contributed by atoms with Crippen LogP contribution in [-0.4, -0.2) is 26.1 Å². The fraction of sp³-hybridized carbons (Fsp3) is 0.321. The van der Waals surface area contributed by atoms with Gasteiger partial charge in [0, 0.05) is 18.8 Å². The van der Waals surface area contributed by atoms with Crippen molar-refractivity contribution in [2.45, 2.75) is 51.4 Å². The van der Waals surface area contributed by atoms with E-state index >= 15 is 0 Å². The molecule has 2 aromatic carbocycles. The molecule has 1 fully saturated rings. The maximum Gasteiger partial charge on any atom is 0.416 e. The van der Waals surface area contributed by atoms with Gasteiger partial charge in [0.1, 0.15) is 0 Å². The SMILES string of the molecule is Cc1ncc(Cl)cc1C(=O)NC1CCC(Cn2c(=O)n(-c3ccc(C(F)(F)F)cc3)c3ccccc32)CC1. The Labute approximate surface area is 222 Å². The summed E-state index contributed by atoms with van der Waals surface area (Å²) in [6.45, 7) is 2.26. The molecule has 10 heteroatoms. The van der Waals surface area contributed by atoms with E-state index in [0.29, 0.717) is 34.0 Å². The number of pyridine rings is 1. The van der Waals surface area contributed by atoms with Crippen molar-refractivity contribution in [3.8, 4) is 5.69 Å². The van der Waals surface area contributed by atoms with Crippen LogP contribution in [0, 0.1) is 12.8 Å². The summed E-state index contributed by atoms with van der Waals surface area (Å²) in [6.07, 6.45) is 0.258. The zero-order valence-electron chi connectivity index (χ0n) is 20.6. The minimum Gasteiger partial charge on any atom is -0.349 e. The molecule has 0 unspecified atom stereocenters. The monoisotopic (exact) mass is 542 g/mol. The van der Waals surface area contributed by atoms with Crippen molar-refractivity contribution in [3.63, 3.8) is 0 Å². The number of halogens is 4. The maximum atomic E-state index is 13.5. The highest BCUT2D eigenvalue weighted by Gasteiger charge is 2.30. The van der Waals surface area contributed by atoms with E-state index in [1.54, 1.807) is 29.7 Å². The third-order valence-electron chi connectivity index (χ3n) is 7.21. The van der Waals surface area contributed by atoms with E-state index in [4.69, 9.17) is 11.6 Å². The molecule has 0 aliphatic heterocycles. The van der Waals surface area contributed by atoms with E-state index in [1.165, 1.54) is 22.9 Å². The summed E-state index contributed by atoms with van der Waals surface area (Å²) in [6, 6.07) is 13.6. The Balaban J connectivity index is 1.31. The van der Waals surface area contributed by atoms with E-state index in [1.807, 2.05) is 12.1 Å². The van der Waals surface area contributed by atoms with Crippen LogP contribution in [0.25, 0.3) is 16.7 Å². The zero-order valence-corrected chi connectivity index (χ0v) is 21.4. The quantitative estimate of drug-likeness (QED) is 0.328. The van der Waals surface area contributed by atoms with Crippen LogP contribution in [0.3, 0.4) is 0 Å². The number of aryl methyl sites for hydroxylation is 1. The summed E-state index contributed by atoms with van der Waals surface area (Å²) in [5, 5.41) is 3.49. The number of hydrogen-bond acceptors (Lipinski definition) is 3. The minimum atomic E-state index is -4.44. The Morgan fingerprint density at radius 3 is 2.37 bits per heavy atom. The van der Waals surface area contributed by atoms with Crippen molar-refractivity contribution in [1.29, 1.82) is 0 Å². The van der Waals surface area contributed by atoms with Gasteiger partial charge in [-0.2, -0.15) is 13.2 Å². The number of carbonyl (C=O) groups excluding carboxylic acids is 1. The van der Waals surface area contributed by atoms with Crippen molar-refractivity contribution < 1.29 is 18.0 Å². The first-order valence-corrected chi connectivity index (χ1v) is 12.8. The van der Waals surface area contributed by atoms with Crippen molar-refractivity contribution >= 4 is 28.5 Å². The number of benzene rings is 2. The molecule has 0 radical (unpaired) electrons. The van der Waals surface area contributed by atoms with Crippen molar-refractivity contribution in [3.05, 3.63) is 93.1 Å². The standard InChI is InChI=1S/C28H26ClF3N4O2/c1-17-23(14-20(29)15-33-17)26(37)34-21-10-6-18(7-11-21)16-35-24-4-2-3-5-25(24)36(27(35)38)22-12-8-19(9-13-22)28(30,31)32/h2-5,8-9,12-15,18,21H,6-7,10-11,16H2,1H3,(H,34,37). The average molecular weight is 543 g/mol. The number of nitrogens with one attached hydrogen (secondary N) is 1. The lowest BCUT2D eigenvalue weighted by molar-refractivity contribution is -0.137. The zero-order chi connectivity index (χ0) is 27.0. The first kappa shape index (κ1) is 26.0. The van der Waals surface area contributed by atoms with Gasteiger partial charge in [-0.05, 0) is 81.0 Å². The van der Waals surface area contributed by atoms with Gasteiger partial charge in [0.25, 0.3) is 5.91 Å². The number of imidazole rings is 1. The van der Waals surface area contributed by atoms with E-state index in [0.717, 1.165) is 43.3 Å². The second-order valence-electron chi connectivity index (χ2n) is 9.74. The molecule has 198 valence electrons. The van der Waals surface area contributed by atoms with Gasteiger partial charge in [-0.3, -0.25) is 18.9 Å². The molecule has 0 atom stereocenters. The van der Waals surface area contributed by atoms with Crippen LogP contribution in [0.15, 0.2) is 65.6 Å². The van der Waals surface area contributed by atoms with Crippen LogP contribution < -0.4 is 11.0 Å². The Kier molecular flexibility index (Phi) is 7.05. The van der Waals surface area contributed by atoms with Gasteiger partial charge >= 0.3 is 11.9 Å². The van der Waals surface area contributed by atoms with E-state index in [2.05, 4.69) is 10.3 Å². The number of aromatic nitrogens is 3. The van der Waals surface area contributed by atoms with Gasteiger partial charge in [-0.25, -0.2) is 4.79 Å². The fourth-order valence-electron chi connectivity index (χ4n) is 5.18. The number of nitrogens with zero attached hydrogens (tertiary/aromatic N) is 3. The number of hydrogen-bond donors (Lipinski definition) is 1. The summed E-state index contributed by atoms with van der Waals surface area (Å²) < 4.78 is 42.3. The number of alkyl halides is 3. The van der Waals surface area contributed by atoms with E-state index < -0.39 is 11.7 Å². The fourth-order valence-corrected chi connectivity index (χ4v) is 5.34. The van der Waals surface area contributed by atoms with E-state index in [-0.39, 0.29) is 23.6 Å². The van der Waals surface area contributed by atoms with Gasteiger partial charge in [0.05, 0.1) is 38.6 Å². The van der Waals surface area contributed by atoms with Crippen molar-refractivity contribution in [2.24, 2.45) is 5.92 Å². The van der Waals surface area contributed by atoms with Crippen LogP contribution in [0.2, 0.25) is 5.02 Å². The number of fused-ring (bicyclic) bond motifs is 1. The summed E-state index contributed by atoms with van der Waals surface area (Å²) in [5.41, 5.74) is 1.79. The second-order valence-corrected chi connectivity index (χ2v) is 10.2. The molecule has 0 bridgehead atoms. The summed E-state index contributed by atoms with van der Waals surface area (Å²) in [4.78, 5) is 30.4. The molecule has 1 N–H and O–H groups in total. The highest BCUT2D eigenvalue weighted by Crippen LogP contribution is 2.31. The number of carbonyl (C=O) groups is 1. The Bertz CT molecular complexity index is 1530. The first-order chi connectivity index (χ1) is 18.1. The molecule has 38 heavy (non-hydrogen) atoms. The highest BCUT2D eigenvalue weighted by molar-refractivity contribution is 6.30. The third kappa shape index (κ3) is 5.20. The molecule has 5 rings (SSSR count).